The minimum Gasteiger partial charge on any atom is -0.508 e. The van der Waals surface area contributed by atoms with Gasteiger partial charge in [-0.25, -0.2) is 4.79 Å². The number of halogens is 4. The smallest absolute Gasteiger partial charge is 0.417 e. The number of phenolic OH excluding ortho intramolecular Hbond substituents is 1. The first-order valence-electron chi connectivity index (χ1n) is 7.21. The van der Waals surface area contributed by atoms with Crippen LogP contribution in [0.25, 0.3) is 0 Å². The number of phenols is 1. The monoisotopic (exact) mass is 387 g/mol. The maximum Gasteiger partial charge on any atom is 0.417 e. The summed E-state index contributed by atoms with van der Waals surface area (Å²) in [5.74, 6) is -1.79. The Morgan fingerprint density at radius 1 is 1.19 bits per heavy atom. The molecule has 2 rings (SSSR count). The van der Waals surface area contributed by atoms with Gasteiger partial charge in [-0.15, -0.1) is 0 Å². The highest BCUT2D eigenvalue weighted by molar-refractivity contribution is 6.31. The van der Waals surface area contributed by atoms with Crippen LogP contribution in [0.2, 0.25) is 5.02 Å². The Morgan fingerprint density at radius 3 is 2.50 bits per heavy atom. The maximum absolute atomic E-state index is 12.8. The predicted octanol–water partition coefficient (Wildman–Crippen LogP) is 4.17. The Balaban J connectivity index is 1.99. The van der Waals surface area contributed by atoms with E-state index in [4.69, 9.17) is 16.3 Å². The van der Waals surface area contributed by atoms with Crippen molar-refractivity contribution in [2.45, 2.75) is 13.1 Å². The highest BCUT2D eigenvalue weighted by Crippen LogP contribution is 2.36. The molecule has 0 spiro atoms. The number of aryl methyl sites for hydroxylation is 1. The Hall–Kier alpha value is -2.74. The van der Waals surface area contributed by atoms with Gasteiger partial charge in [0.15, 0.2) is 6.61 Å². The standard InChI is InChI=1S/C17H13ClF3NO4/c1-9-2-3-10(6-14(9)23)16(25)26-8-15(24)22-11-4-5-13(18)12(7-11)17(19,20)21/h2-7,23H,8H2,1H3,(H,22,24). The maximum atomic E-state index is 12.8. The number of aromatic hydroxyl groups is 1. The molecule has 0 atom stereocenters. The number of benzene rings is 2. The summed E-state index contributed by atoms with van der Waals surface area (Å²) in [5, 5.41) is 11.2. The summed E-state index contributed by atoms with van der Waals surface area (Å²) in [6, 6.07) is 6.96. The number of hydrogen-bond donors (Lipinski definition) is 2. The molecule has 0 saturated carbocycles. The lowest BCUT2D eigenvalue weighted by Crippen LogP contribution is -2.21. The van der Waals surface area contributed by atoms with Crippen LogP contribution in [0.1, 0.15) is 21.5 Å². The molecule has 26 heavy (non-hydrogen) atoms. The molecular weight excluding hydrogens is 375 g/mol. The number of hydrogen-bond acceptors (Lipinski definition) is 4. The van der Waals surface area contributed by atoms with Gasteiger partial charge in [-0.2, -0.15) is 13.2 Å². The zero-order chi connectivity index (χ0) is 19.5. The van der Waals surface area contributed by atoms with E-state index in [0.717, 1.165) is 6.07 Å². The van der Waals surface area contributed by atoms with Gasteiger partial charge in [-0.05, 0) is 42.8 Å². The van der Waals surface area contributed by atoms with Gasteiger partial charge >= 0.3 is 12.1 Å². The van der Waals surface area contributed by atoms with Crippen LogP contribution in [-0.4, -0.2) is 23.6 Å². The van der Waals surface area contributed by atoms with E-state index in [-0.39, 0.29) is 17.0 Å². The molecule has 2 N–H and O–H groups in total. The summed E-state index contributed by atoms with van der Waals surface area (Å²) in [6.45, 7) is 0.927. The number of ether oxygens (including phenoxy) is 1. The molecule has 0 aromatic heterocycles. The predicted molar refractivity (Wildman–Crippen MR) is 88.2 cm³/mol. The molecule has 0 aliphatic rings. The number of nitrogens with one attached hydrogen (secondary N) is 1. The van der Waals surface area contributed by atoms with E-state index < -0.39 is 35.2 Å². The summed E-state index contributed by atoms with van der Waals surface area (Å²) >= 11 is 5.49. The number of carbonyl (C=O) groups excluding carboxylic acids is 2. The van der Waals surface area contributed by atoms with Crippen LogP contribution in [0, 0.1) is 6.92 Å². The van der Waals surface area contributed by atoms with Crippen molar-refractivity contribution >= 4 is 29.2 Å². The number of amides is 1. The molecule has 0 saturated heterocycles. The minimum absolute atomic E-state index is 0.0340. The molecule has 0 fully saturated rings. The topological polar surface area (TPSA) is 75.6 Å². The van der Waals surface area contributed by atoms with Crippen LogP contribution >= 0.6 is 11.6 Å². The Morgan fingerprint density at radius 2 is 1.88 bits per heavy atom. The van der Waals surface area contributed by atoms with Gasteiger partial charge in [0, 0.05) is 5.69 Å². The first-order valence-corrected chi connectivity index (χ1v) is 7.59. The van der Waals surface area contributed by atoms with Crippen molar-refractivity contribution in [3.8, 4) is 5.75 Å². The Kier molecular flexibility index (Phi) is 5.76. The highest BCUT2D eigenvalue weighted by Gasteiger charge is 2.33. The summed E-state index contributed by atoms with van der Waals surface area (Å²) in [6.07, 6.45) is -4.67. The zero-order valence-electron chi connectivity index (χ0n) is 13.4. The molecule has 2 aromatic carbocycles. The lowest BCUT2D eigenvalue weighted by molar-refractivity contribution is -0.137. The van der Waals surface area contributed by atoms with Crippen molar-refractivity contribution in [2.24, 2.45) is 0 Å². The summed E-state index contributed by atoms with van der Waals surface area (Å²) in [4.78, 5) is 23.6. The fourth-order valence-corrected chi connectivity index (χ4v) is 2.19. The molecule has 0 heterocycles. The molecule has 1 amide bonds. The van der Waals surface area contributed by atoms with Crippen LogP contribution in [0.4, 0.5) is 18.9 Å². The van der Waals surface area contributed by atoms with E-state index >= 15 is 0 Å². The van der Waals surface area contributed by atoms with Crippen LogP contribution in [0.5, 0.6) is 5.75 Å². The zero-order valence-corrected chi connectivity index (χ0v) is 14.1. The second-order valence-corrected chi connectivity index (χ2v) is 5.73. The van der Waals surface area contributed by atoms with Crippen LogP contribution < -0.4 is 5.32 Å². The van der Waals surface area contributed by atoms with E-state index in [0.29, 0.717) is 11.6 Å². The number of alkyl halides is 3. The minimum atomic E-state index is -4.67. The lowest BCUT2D eigenvalue weighted by Gasteiger charge is -2.12. The number of carbonyl (C=O) groups is 2. The van der Waals surface area contributed by atoms with Crippen molar-refractivity contribution in [3.05, 3.63) is 58.1 Å². The third-order valence-corrected chi connectivity index (χ3v) is 3.66. The molecule has 0 radical (unpaired) electrons. The molecule has 0 bridgehead atoms. The Bertz CT molecular complexity index is 852. The van der Waals surface area contributed by atoms with Crippen molar-refractivity contribution < 1.29 is 32.6 Å². The van der Waals surface area contributed by atoms with E-state index in [1.54, 1.807) is 6.92 Å². The molecule has 0 aliphatic carbocycles. The average molecular weight is 388 g/mol. The number of rotatable bonds is 4. The average Bonchev–Trinajstić information content (AvgIpc) is 2.56. The molecule has 5 nitrogen and oxygen atoms in total. The van der Waals surface area contributed by atoms with Crippen molar-refractivity contribution in [2.75, 3.05) is 11.9 Å². The first-order chi connectivity index (χ1) is 12.1. The number of anilines is 1. The highest BCUT2D eigenvalue weighted by atomic mass is 35.5. The van der Waals surface area contributed by atoms with Crippen LogP contribution in [-0.2, 0) is 15.7 Å². The van der Waals surface area contributed by atoms with Gasteiger partial charge < -0.3 is 15.2 Å². The normalized spacial score (nSPS) is 11.1. The van der Waals surface area contributed by atoms with Gasteiger partial charge in [0.2, 0.25) is 0 Å². The fraction of sp³-hybridized carbons (Fsp3) is 0.176. The van der Waals surface area contributed by atoms with Gasteiger partial charge in [0.05, 0.1) is 16.1 Å². The quantitative estimate of drug-likeness (QED) is 0.772. The second kappa shape index (κ2) is 7.65. The van der Waals surface area contributed by atoms with E-state index in [1.807, 2.05) is 0 Å². The van der Waals surface area contributed by atoms with Gasteiger partial charge in [0.25, 0.3) is 5.91 Å². The van der Waals surface area contributed by atoms with Gasteiger partial charge in [-0.1, -0.05) is 17.7 Å². The summed E-state index contributed by atoms with van der Waals surface area (Å²) < 4.78 is 43.1. The fourth-order valence-electron chi connectivity index (χ4n) is 1.97. The largest absolute Gasteiger partial charge is 0.508 e. The molecular formula is C17H13ClF3NO4. The number of esters is 1. The summed E-state index contributed by atoms with van der Waals surface area (Å²) in [7, 11) is 0. The third kappa shape index (κ3) is 4.89. The van der Waals surface area contributed by atoms with Crippen molar-refractivity contribution in [1.29, 1.82) is 0 Å². The molecule has 0 aliphatic heterocycles. The van der Waals surface area contributed by atoms with E-state index in [2.05, 4.69) is 5.32 Å². The van der Waals surface area contributed by atoms with Gasteiger partial charge in [-0.3, -0.25) is 4.79 Å². The molecule has 9 heteroatoms. The second-order valence-electron chi connectivity index (χ2n) is 5.32. The van der Waals surface area contributed by atoms with E-state index in [1.165, 1.54) is 24.3 Å². The van der Waals surface area contributed by atoms with Crippen LogP contribution in [0.15, 0.2) is 36.4 Å². The molecule has 2 aromatic rings. The third-order valence-electron chi connectivity index (χ3n) is 3.33. The lowest BCUT2D eigenvalue weighted by atomic mass is 10.1. The SMILES string of the molecule is Cc1ccc(C(=O)OCC(=O)Nc2ccc(Cl)c(C(F)(F)F)c2)cc1O. The van der Waals surface area contributed by atoms with Crippen molar-refractivity contribution in [1.82, 2.24) is 0 Å². The molecule has 138 valence electrons. The molecule has 0 unspecified atom stereocenters. The van der Waals surface area contributed by atoms with Crippen molar-refractivity contribution in [3.63, 3.8) is 0 Å². The van der Waals surface area contributed by atoms with Crippen LogP contribution in [0.3, 0.4) is 0 Å². The van der Waals surface area contributed by atoms with E-state index in [9.17, 15) is 27.9 Å². The summed E-state index contributed by atoms with van der Waals surface area (Å²) in [5.41, 5.74) is -0.644. The Labute approximate surface area is 151 Å². The first kappa shape index (κ1) is 19.6. The van der Waals surface area contributed by atoms with Gasteiger partial charge in [0.1, 0.15) is 5.75 Å².